The van der Waals surface area contributed by atoms with Gasteiger partial charge in [0.15, 0.2) is 0 Å². The summed E-state index contributed by atoms with van der Waals surface area (Å²) in [6, 6.07) is 10.5. The monoisotopic (exact) mass is 302 g/mol. The van der Waals surface area contributed by atoms with Crippen molar-refractivity contribution in [1.82, 2.24) is 10.2 Å². The molecule has 0 saturated carbocycles. The van der Waals surface area contributed by atoms with Crippen molar-refractivity contribution < 1.29 is 9.53 Å². The Bertz CT molecular complexity index is 489. The number of likely N-dealkylation sites (tertiary alicyclic amines) is 1. The standard InChI is InChI=1S/C18H26N2O2/c1-20-11-7-16(8-12-20)19-17(21)18(9-13-22-14-10-18)15-5-3-2-4-6-15/h2-6,16H,7-14H2,1H3,(H,19,21). The summed E-state index contributed by atoms with van der Waals surface area (Å²) in [6.45, 7) is 3.45. The lowest BCUT2D eigenvalue weighted by Crippen LogP contribution is -2.53. The lowest BCUT2D eigenvalue weighted by Gasteiger charge is -2.38. The maximum Gasteiger partial charge on any atom is 0.231 e. The summed E-state index contributed by atoms with van der Waals surface area (Å²) in [7, 11) is 2.14. The van der Waals surface area contributed by atoms with E-state index in [-0.39, 0.29) is 5.91 Å². The van der Waals surface area contributed by atoms with Gasteiger partial charge in [0, 0.05) is 19.3 Å². The first-order valence-electron chi connectivity index (χ1n) is 8.33. The van der Waals surface area contributed by atoms with Crippen molar-refractivity contribution in [2.45, 2.75) is 37.1 Å². The Hall–Kier alpha value is -1.39. The molecule has 1 amide bonds. The molecule has 0 aromatic heterocycles. The highest BCUT2D eigenvalue weighted by molar-refractivity contribution is 5.88. The van der Waals surface area contributed by atoms with Gasteiger partial charge in [-0.05, 0) is 51.4 Å². The van der Waals surface area contributed by atoms with E-state index in [1.807, 2.05) is 18.2 Å². The second-order valence-corrected chi connectivity index (χ2v) is 6.61. The number of hydrogen-bond donors (Lipinski definition) is 1. The van der Waals surface area contributed by atoms with Gasteiger partial charge in [-0.1, -0.05) is 30.3 Å². The number of amides is 1. The normalized spacial score (nSPS) is 23.1. The molecule has 4 nitrogen and oxygen atoms in total. The predicted molar refractivity (Wildman–Crippen MR) is 86.8 cm³/mol. The Balaban J connectivity index is 1.76. The minimum Gasteiger partial charge on any atom is -0.381 e. The first-order chi connectivity index (χ1) is 10.7. The number of benzene rings is 1. The minimum atomic E-state index is -0.414. The van der Waals surface area contributed by atoms with Crippen LogP contribution >= 0.6 is 0 Å². The molecular formula is C18H26N2O2. The number of carbonyl (C=O) groups is 1. The minimum absolute atomic E-state index is 0.191. The molecule has 2 fully saturated rings. The molecule has 4 heteroatoms. The SMILES string of the molecule is CN1CCC(NC(=O)C2(c3ccccc3)CCOCC2)CC1. The van der Waals surface area contributed by atoms with Crippen LogP contribution in [0.3, 0.4) is 0 Å². The largest absolute Gasteiger partial charge is 0.381 e. The highest BCUT2D eigenvalue weighted by Crippen LogP contribution is 2.35. The van der Waals surface area contributed by atoms with Gasteiger partial charge in [0.25, 0.3) is 0 Å². The van der Waals surface area contributed by atoms with E-state index in [1.54, 1.807) is 0 Å². The lowest BCUT2D eigenvalue weighted by atomic mass is 9.73. The molecule has 1 aromatic rings. The second-order valence-electron chi connectivity index (χ2n) is 6.61. The van der Waals surface area contributed by atoms with Gasteiger partial charge in [-0.25, -0.2) is 0 Å². The van der Waals surface area contributed by atoms with E-state index in [0.717, 1.165) is 44.3 Å². The van der Waals surface area contributed by atoms with Crippen molar-refractivity contribution in [3.05, 3.63) is 35.9 Å². The van der Waals surface area contributed by atoms with E-state index in [2.05, 4.69) is 29.4 Å². The Morgan fingerprint density at radius 2 is 1.82 bits per heavy atom. The summed E-state index contributed by atoms with van der Waals surface area (Å²) in [6.07, 6.45) is 3.64. The third-order valence-corrected chi connectivity index (χ3v) is 5.16. The molecule has 1 N–H and O–H groups in total. The van der Waals surface area contributed by atoms with Crippen LogP contribution in [-0.2, 0) is 14.9 Å². The van der Waals surface area contributed by atoms with Crippen LogP contribution < -0.4 is 5.32 Å². The summed E-state index contributed by atoms with van der Waals surface area (Å²) >= 11 is 0. The summed E-state index contributed by atoms with van der Waals surface area (Å²) in [5.41, 5.74) is 0.715. The molecule has 1 aromatic carbocycles. The molecule has 2 aliphatic heterocycles. The Morgan fingerprint density at radius 3 is 2.45 bits per heavy atom. The lowest BCUT2D eigenvalue weighted by molar-refractivity contribution is -0.131. The fourth-order valence-electron chi connectivity index (χ4n) is 3.60. The Morgan fingerprint density at radius 1 is 1.18 bits per heavy atom. The second kappa shape index (κ2) is 6.80. The van der Waals surface area contributed by atoms with Crippen molar-refractivity contribution in [3.63, 3.8) is 0 Å². The molecule has 2 aliphatic rings. The highest BCUT2D eigenvalue weighted by Gasteiger charge is 2.42. The van der Waals surface area contributed by atoms with Crippen LogP contribution in [0.4, 0.5) is 0 Å². The number of nitrogens with one attached hydrogen (secondary N) is 1. The molecule has 2 heterocycles. The smallest absolute Gasteiger partial charge is 0.231 e. The van der Waals surface area contributed by atoms with Crippen LogP contribution in [0.5, 0.6) is 0 Å². The molecule has 0 aliphatic carbocycles. The number of ether oxygens (including phenoxy) is 1. The molecule has 3 rings (SSSR count). The molecular weight excluding hydrogens is 276 g/mol. The number of carbonyl (C=O) groups excluding carboxylic acids is 1. The highest BCUT2D eigenvalue weighted by atomic mass is 16.5. The molecule has 0 spiro atoms. The van der Waals surface area contributed by atoms with Crippen molar-refractivity contribution in [1.29, 1.82) is 0 Å². The molecule has 0 radical (unpaired) electrons. The zero-order valence-electron chi connectivity index (χ0n) is 13.4. The maximum atomic E-state index is 13.1. The zero-order chi connectivity index (χ0) is 15.4. The molecule has 22 heavy (non-hydrogen) atoms. The number of hydrogen-bond acceptors (Lipinski definition) is 3. The molecule has 0 atom stereocenters. The number of rotatable bonds is 3. The van der Waals surface area contributed by atoms with Crippen LogP contribution in [0.1, 0.15) is 31.2 Å². The topological polar surface area (TPSA) is 41.6 Å². The predicted octanol–water partition coefficient (Wildman–Crippen LogP) is 1.95. The van der Waals surface area contributed by atoms with Gasteiger partial charge < -0.3 is 15.0 Å². The summed E-state index contributed by atoms with van der Waals surface area (Å²) in [5.74, 6) is 0.191. The first-order valence-corrected chi connectivity index (χ1v) is 8.33. The average molecular weight is 302 g/mol. The van der Waals surface area contributed by atoms with Gasteiger partial charge in [-0.15, -0.1) is 0 Å². The van der Waals surface area contributed by atoms with Crippen molar-refractivity contribution in [2.24, 2.45) is 0 Å². The summed E-state index contributed by atoms with van der Waals surface area (Å²) in [4.78, 5) is 15.4. The average Bonchev–Trinajstić information content (AvgIpc) is 2.58. The quantitative estimate of drug-likeness (QED) is 0.928. The van der Waals surface area contributed by atoms with Crippen LogP contribution in [0, 0.1) is 0 Å². The van der Waals surface area contributed by atoms with Crippen molar-refractivity contribution in [2.75, 3.05) is 33.4 Å². The van der Waals surface area contributed by atoms with Gasteiger partial charge >= 0.3 is 0 Å². The van der Waals surface area contributed by atoms with Gasteiger partial charge in [0.1, 0.15) is 0 Å². The Kier molecular flexibility index (Phi) is 4.79. The van der Waals surface area contributed by atoms with Crippen LogP contribution in [0.2, 0.25) is 0 Å². The van der Waals surface area contributed by atoms with Crippen LogP contribution in [-0.4, -0.2) is 50.2 Å². The first kappa shape index (κ1) is 15.5. The van der Waals surface area contributed by atoms with E-state index in [1.165, 1.54) is 0 Å². The van der Waals surface area contributed by atoms with Crippen LogP contribution in [0.25, 0.3) is 0 Å². The van der Waals surface area contributed by atoms with Gasteiger partial charge in [-0.2, -0.15) is 0 Å². The molecule has 0 bridgehead atoms. The molecule has 2 saturated heterocycles. The van der Waals surface area contributed by atoms with Gasteiger partial charge in [-0.3, -0.25) is 4.79 Å². The molecule has 120 valence electrons. The summed E-state index contributed by atoms with van der Waals surface area (Å²) < 4.78 is 5.51. The van der Waals surface area contributed by atoms with E-state index in [9.17, 15) is 4.79 Å². The molecule has 0 unspecified atom stereocenters. The van der Waals surface area contributed by atoms with E-state index in [4.69, 9.17) is 4.74 Å². The van der Waals surface area contributed by atoms with E-state index >= 15 is 0 Å². The fraction of sp³-hybridized carbons (Fsp3) is 0.611. The number of piperidine rings is 1. The van der Waals surface area contributed by atoms with E-state index in [0.29, 0.717) is 19.3 Å². The maximum absolute atomic E-state index is 13.1. The number of nitrogens with zero attached hydrogens (tertiary/aromatic N) is 1. The zero-order valence-corrected chi connectivity index (χ0v) is 13.4. The van der Waals surface area contributed by atoms with Crippen molar-refractivity contribution >= 4 is 5.91 Å². The summed E-state index contributed by atoms with van der Waals surface area (Å²) in [5, 5.41) is 3.33. The van der Waals surface area contributed by atoms with Crippen LogP contribution in [0.15, 0.2) is 30.3 Å². The third kappa shape index (κ3) is 3.18. The van der Waals surface area contributed by atoms with Crippen molar-refractivity contribution in [3.8, 4) is 0 Å². The Labute approximate surface area is 132 Å². The van der Waals surface area contributed by atoms with E-state index < -0.39 is 5.41 Å². The fourth-order valence-corrected chi connectivity index (χ4v) is 3.60. The third-order valence-electron chi connectivity index (χ3n) is 5.16. The van der Waals surface area contributed by atoms with Gasteiger partial charge in [0.05, 0.1) is 5.41 Å². The van der Waals surface area contributed by atoms with Gasteiger partial charge in [0.2, 0.25) is 5.91 Å².